The summed E-state index contributed by atoms with van der Waals surface area (Å²) >= 11 is 0. The topological polar surface area (TPSA) is 247 Å². The molecule has 1 aromatic heterocycles. The number of nitrogens with two attached hydrogens (primary N) is 2. The van der Waals surface area contributed by atoms with E-state index in [1.165, 1.54) is 24.3 Å². The quantitative estimate of drug-likeness (QED) is 0.0213. The number of anilines is 3. The third-order valence-electron chi connectivity index (χ3n) is 11.8. The van der Waals surface area contributed by atoms with E-state index in [0.717, 1.165) is 4.57 Å². The van der Waals surface area contributed by atoms with Crippen molar-refractivity contribution in [1.29, 1.82) is 0 Å². The summed E-state index contributed by atoms with van der Waals surface area (Å²) < 4.78 is 59.1. The van der Waals surface area contributed by atoms with Gasteiger partial charge in [-0.15, -0.1) is 0 Å². The molecule has 0 fully saturated rings. The minimum Gasteiger partial charge on any atom is -0.397 e. The number of carbonyl (C=O) groups is 1. The molecule has 0 aliphatic carbocycles. The van der Waals surface area contributed by atoms with Gasteiger partial charge in [-0.2, -0.15) is 0 Å². The maximum atomic E-state index is 14.4. The van der Waals surface area contributed by atoms with E-state index in [2.05, 4.69) is 5.32 Å². The van der Waals surface area contributed by atoms with Gasteiger partial charge in [0.2, 0.25) is 5.91 Å². The molecule has 5 N–H and O–H groups in total. The highest BCUT2D eigenvalue weighted by Crippen LogP contribution is 2.36. The third kappa shape index (κ3) is 15.7. The molecule has 19 heteroatoms. The number of primary amides is 1. The molecule has 5 aromatic rings. The van der Waals surface area contributed by atoms with Crippen LogP contribution >= 0.6 is 0 Å². The molecule has 9 unspecified atom stereocenters. The van der Waals surface area contributed by atoms with Gasteiger partial charge in [0.15, 0.2) is 10.9 Å². The van der Waals surface area contributed by atoms with E-state index in [1.54, 1.807) is 45.2 Å². The van der Waals surface area contributed by atoms with Gasteiger partial charge in [0.25, 0.3) is 11.1 Å². The highest BCUT2D eigenvalue weighted by atomic mass is 16.6. The van der Waals surface area contributed by atoms with Crippen molar-refractivity contribution in [2.75, 3.05) is 90.8 Å². The summed E-state index contributed by atoms with van der Waals surface area (Å²) in [4.78, 5) is 68.8. The van der Waals surface area contributed by atoms with E-state index in [1.807, 2.05) is 48.5 Å². The van der Waals surface area contributed by atoms with E-state index in [0.29, 0.717) is 59.5 Å². The number of ether oxygens (including phenoxy) is 10. The van der Waals surface area contributed by atoms with Crippen LogP contribution in [0.4, 0.5) is 17.1 Å². The number of rotatable bonds is 33. The van der Waals surface area contributed by atoms with Gasteiger partial charge in [-0.05, 0) is 80.5 Å². The number of hydrogen-bond acceptors (Lipinski definition) is 17. The Labute approximate surface area is 419 Å². The lowest BCUT2D eigenvalue weighted by molar-refractivity contribution is -0.110. The fourth-order valence-electron chi connectivity index (χ4n) is 7.82. The molecule has 5 rings (SSSR count). The van der Waals surface area contributed by atoms with E-state index in [9.17, 15) is 24.0 Å². The molecule has 396 valence electrons. The first-order valence-electron chi connectivity index (χ1n) is 24.5. The molecule has 0 saturated carbocycles. The van der Waals surface area contributed by atoms with Crippen LogP contribution in [0.5, 0.6) is 0 Å². The van der Waals surface area contributed by atoms with Crippen LogP contribution in [-0.4, -0.2) is 139 Å². The first kappa shape index (κ1) is 57.7. The van der Waals surface area contributed by atoms with Crippen LogP contribution in [0.15, 0.2) is 67.7 Å². The number of nitrogens with one attached hydrogen (secondary N) is 1. The molecule has 0 aliphatic heterocycles. The van der Waals surface area contributed by atoms with Gasteiger partial charge in [-0.1, -0.05) is 30.3 Å². The van der Waals surface area contributed by atoms with Crippen LogP contribution in [0.25, 0.3) is 32.3 Å². The largest absolute Gasteiger partial charge is 0.397 e. The standard InChI is InChI=1S/C53H74N4O15/c1-30(57-52(61)44-46(53(57)62)48(56-40-15-13-14-39(20-40)51(55)60)45-43(47(44)54)49(58)41-16-11-12-17-42(41)50(45)59)21-65-32(3)23-67-34(5)25-69-36(7)27-71-38(9)29-72-37(8)28-70-35(6)26-68-33(4)24-66-31(2)22-64-19-18-63-10/h11-17,20,30-38,56H,18-19,21-29,54H2,1-10H3,(H2,55,60). The Balaban J connectivity index is 1.07. The van der Waals surface area contributed by atoms with Crippen molar-refractivity contribution in [3.8, 4) is 0 Å². The van der Waals surface area contributed by atoms with E-state index < -0.39 is 40.0 Å². The SMILES string of the molecule is COCCOCC(C)OCC(C)OCC(C)OCC(C)OCC(C)OCC(C)OCC(C)OCC(C)OCC(C)n1c(=O)c2c(N)c3c(=O)c4ccccc4c(=O)c3c(Nc3cccc(C(N)=O)c3)c2c1=O. The second kappa shape index (κ2) is 27.7. The lowest BCUT2D eigenvalue weighted by Gasteiger charge is -2.23. The Morgan fingerprint density at radius 1 is 0.528 bits per heavy atom. The lowest BCUT2D eigenvalue weighted by Crippen LogP contribution is -2.33. The van der Waals surface area contributed by atoms with Crippen molar-refractivity contribution in [3.05, 3.63) is 95.2 Å². The van der Waals surface area contributed by atoms with Crippen molar-refractivity contribution in [1.82, 2.24) is 4.57 Å². The molecule has 9 atom stereocenters. The molecule has 0 bridgehead atoms. The molecule has 72 heavy (non-hydrogen) atoms. The summed E-state index contributed by atoms with van der Waals surface area (Å²) in [5.41, 5.74) is 9.57. The molecule has 0 radical (unpaired) electrons. The molecule has 1 heterocycles. The minimum atomic E-state index is -0.807. The molecule has 4 aromatic carbocycles. The van der Waals surface area contributed by atoms with Crippen LogP contribution in [-0.2, 0) is 47.4 Å². The van der Waals surface area contributed by atoms with Gasteiger partial charge in [0, 0.05) is 29.1 Å². The summed E-state index contributed by atoms with van der Waals surface area (Å²) in [5.74, 6) is -0.706. The highest BCUT2D eigenvalue weighted by molar-refractivity contribution is 6.21. The van der Waals surface area contributed by atoms with Crippen molar-refractivity contribution >= 4 is 55.3 Å². The number of hydrogen-bond donors (Lipinski definition) is 3. The first-order chi connectivity index (χ1) is 34.3. The summed E-state index contributed by atoms with van der Waals surface area (Å²) in [6.45, 7) is 21.0. The van der Waals surface area contributed by atoms with Gasteiger partial charge in [0.05, 0.1) is 160 Å². The molecule has 0 saturated heterocycles. The fourth-order valence-corrected chi connectivity index (χ4v) is 7.82. The van der Waals surface area contributed by atoms with E-state index in [-0.39, 0.29) is 111 Å². The zero-order chi connectivity index (χ0) is 52.6. The average molecular weight is 1010 g/mol. The normalized spacial score (nSPS) is 15.9. The van der Waals surface area contributed by atoms with Crippen LogP contribution in [0.1, 0.15) is 78.7 Å². The van der Waals surface area contributed by atoms with Gasteiger partial charge < -0.3 is 64.2 Å². The molecule has 0 spiro atoms. The zero-order valence-corrected chi connectivity index (χ0v) is 43.3. The monoisotopic (exact) mass is 1010 g/mol. The van der Waals surface area contributed by atoms with Crippen LogP contribution in [0.2, 0.25) is 0 Å². The Morgan fingerprint density at radius 2 is 0.944 bits per heavy atom. The number of nitrogen functional groups attached to an aromatic ring is 1. The molecule has 0 aliphatic rings. The second-order valence-corrected chi connectivity index (χ2v) is 18.6. The van der Waals surface area contributed by atoms with Gasteiger partial charge in [-0.25, -0.2) is 0 Å². The second-order valence-electron chi connectivity index (χ2n) is 18.6. The number of nitrogens with zero attached hydrogens (tertiary/aromatic N) is 1. The summed E-state index contributed by atoms with van der Waals surface area (Å²) in [6.07, 6.45) is -1.54. The van der Waals surface area contributed by atoms with Crippen molar-refractivity contribution in [2.45, 2.75) is 117 Å². The Bertz CT molecular complexity index is 2760. The Kier molecular flexibility index (Phi) is 22.2. The molecule has 19 nitrogen and oxygen atoms in total. The van der Waals surface area contributed by atoms with Gasteiger partial charge >= 0.3 is 0 Å². The number of benzene rings is 4. The number of methoxy groups -OCH3 is 1. The van der Waals surface area contributed by atoms with Crippen LogP contribution in [0, 0.1) is 0 Å². The summed E-state index contributed by atoms with van der Waals surface area (Å²) in [7, 11) is 1.64. The average Bonchev–Trinajstić information content (AvgIpc) is 3.63. The predicted octanol–water partition coefficient (Wildman–Crippen LogP) is 5.15. The number of aromatic nitrogens is 1. The lowest BCUT2D eigenvalue weighted by atomic mass is 9.96. The highest BCUT2D eigenvalue weighted by Gasteiger charge is 2.29. The van der Waals surface area contributed by atoms with Crippen molar-refractivity contribution < 1.29 is 52.2 Å². The molecular weight excluding hydrogens is 933 g/mol. The zero-order valence-electron chi connectivity index (χ0n) is 43.3. The first-order valence-corrected chi connectivity index (χ1v) is 24.5. The predicted molar refractivity (Wildman–Crippen MR) is 278 cm³/mol. The fraction of sp³-hybridized carbons (Fsp3) is 0.566. The molecular formula is C53H74N4O15. The number of amides is 1. The maximum absolute atomic E-state index is 14.4. The van der Waals surface area contributed by atoms with Gasteiger partial charge in [-0.3, -0.25) is 28.5 Å². The van der Waals surface area contributed by atoms with E-state index in [4.69, 9.17) is 58.8 Å². The minimum absolute atomic E-state index is 0.0433. The smallest absolute Gasteiger partial charge is 0.264 e. The number of fused-ring (bicyclic) bond motifs is 3. The third-order valence-corrected chi connectivity index (χ3v) is 11.8. The Hall–Kier alpha value is -5.19. The number of carbonyl (C=O) groups excluding carboxylic acids is 1. The van der Waals surface area contributed by atoms with Crippen LogP contribution in [0.3, 0.4) is 0 Å². The molecule has 1 amide bonds. The maximum Gasteiger partial charge on any atom is 0.264 e. The van der Waals surface area contributed by atoms with Crippen molar-refractivity contribution in [3.63, 3.8) is 0 Å². The van der Waals surface area contributed by atoms with Crippen LogP contribution < -0.4 is 38.8 Å². The summed E-state index contributed by atoms with van der Waals surface area (Å²) in [5, 5.41) is 2.57. The van der Waals surface area contributed by atoms with Gasteiger partial charge in [0.1, 0.15) is 0 Å². The summed E-state index contributed by atoms with van der Waals surface area (Å²) in [6, 6.07) is 11.5. The Morgan fingerprint density at radius 3 is 1.39 bits per heavy atom. The van der Waals surface area contributed by atoms with E-state index >= 15 is 0 Å². The van der Waals surface area contributed by atoms with Crippen molar-refractivity contribution in [2.24, 2.45) is 5.73 Å².